The lowest BCUT2D eigenvalue weighted by Crippen LogP contribution is -2.11. The van der Waals surface area contributed by atoms with Gasteiger partial charge in [-0.05, 0) is 22.9 Å². The Bertz CT molecular complexity index is 595. The van der Waals surface area contributed by atoms with Gasteiger partial charge in [-0.15, -0.1) is 0 Å². The summed E-state index contributed by atoms with van der Waals surface area (Å²) in [6.45, 7) is 7.56. The van der Waals surface area contributed by atoms with Crippen molar-refractivity contribution in [1.82, 2.24) is 19.7 Å². The first-order valence-electron chi connectivity index (χ1n) is 5.89. The summed E-state index contributed by atoms with van der Waals surface area (Å²) in [5.41, 5.74) is 1.80. The molecule has 2 aromatic heterocycles. The number of rotatable bonds is 6. The summed E-state index contributed by atoms with van der Waals surface area (Å²) in [4.78, 5) is 8.44. The first-order chi connectivity index (χ1) is 9.09. The predicted molar refractivity (Wildman–Crippen MR) is 78.1 cm³/mol. The van der Waals surface area contributed by atoms with Crippen molar-refractivity contribution >= 4 is 32.8 Å². The van der Waals surface area contributed by atoms with Crippen molar-refractivity contribution in [1.29, 1.82) is 0 Å². The van der Waals surface area contributed by atoms with E-state index < -0.39 is 0 Å². The maximum atomic E-state index is 5.43. The van der Waals surface area contributed by atoms with E-state index in [2.05, 4.69) is 42.9 Å². The maximum absolute atomic E-state index is 5.43. The summed E-state index contributed by atoms with van der Waals surface area (Å²) >= 11 is 3.42. The zero-order chi connectivity index (χ0) is 13.8. The molecular weight excluding hydrogens is 310 g/mol. The molecule has 6 nitrogen and oxygen atoms in total. The van der Waals surface area contributed by atoms with Crippen LogP contribution in [0.2, 0.25) is 0 Å². The number of ether oxygens (including phenoxy) is 1. The fourth-order valence-electron chi connectivity index (χ4n) is 1.66. The van der Waals surface area contributed by atoms with Gasteiger partial charge in [0.15, 0.2) is 5.65 Å². The number of hydrogen-bond donors (Lipinski definition) is 1. The van der Waals surface area contributed by atoms with Crippen LogP contribution in [0.4, 0.5) is 5.82 Å². The van der Waals surface area contributed by atoms with Gasteiger partial charge in [-0.2, -0.15) is 5.10 Å². The SMILES string of the molecule is C=C(C)COCCNc1ncnc2c1c(Br)nn2C. The number of fused-ring (bicyclic) bond motifs is 1. The van der Waals surface area contributed by atoms with Crippen molar-refractivity contribution in [3.05, 3.63) is 23.1 Å². The quantitative estimate of drug-likeness (QED) is 0.651. The van der Waals surface area contributed by atoms with Crippen LogP contribution in [0, 0.1) is 0 Å². The molecule has 2 heterocycles. The minimum Gasteiger partial charge on any atom is -0.375 e. The van der Waals surface area contributed by atoms with Crippen molar-refractivity contribution in [2.75, 3.05) is 25.1 Å². The average Bonchev–Trinajstić information content (AvgIpc) is 2.65. The lowest BCUT2D eigenvalue weighted by atomic mass is 10.4. The van der Waals surface area contributed by atoms with Gasteiger partial charge in [-0.3, -0.25) is 0 Å². The van der Waals surface area contributed by atoms with E-state index in [0.29, 0.717) is 19.8 Å². The lowest BCUT2D eigenvalue weighted by Gasteiger charge is -2.07. The Morgan fingerprint density at radius 1 is 1.53 bits per heavy atom. The van der Waals surface area contributed by atoms with E-state index in [0.717, 1.165) is 27.0 Å². The van der Waals surface area contributed by atoms with Gasteiger partial charge in [0.2, 0.25) is 0 Å². The van der Waals surface area contributed by atoms with Crippen LogP contribution >= 0.6 is 15.9 Å². The normalized spacial score (nSPS) is 10.9. The summed E-state index contributed by atoms with van der Waals surface area (Å²) in [6, 6.07) is 0. The topological polar surface area (TPSA) is 64.9 Å². The average molecular weight is 326 g/mol. The number of halogens is 1. The van der Waals surface area contributed by atoms with Crippen LogP contribution in [0.5, 0.6) is 0 Å². The van der Waals surface area contributed by atoms with E-state index in [1.165, 1.54) is 6.33 Å². The second-order valence-electron chi connectivity index (χ2n) is 4.27. The van der Waals surface area contributed by atoms with Crippen LogP contribution in [0.1, 0.15) is 6.92 Å². The molecule has 0 aliphatic carbocycles. The summed E-state index contributed by atoms with van der Waals surface area (Å²) in [5.74, 6) is 0.754. The van der Waals surface area contributed by atoms with Crippen LogP contribution in [0.3, 0.4) is 0 Å². The van der Waals surface area contributed by atoms with Crippen LogP contribution in [0.25, 0.3) is 11.0 Å². The molecule has 0 aliphatic rings. The Labute approximate surface area is 120 Å². The van der Waals surface area contributed by atoms with Crippen LogP contribution in [0.15, 0.2) is 23.1 Å². The van der Waals surface area contributed by atoms with Gasteiger partial charge < -0.3 is 10.1 Å². The molecule has 0 aliphatic heterocycles. The molecule has 7 heteroatoms. The van der Waals surface area contributed by atoms with Gasteiger partial charge in [0, 0.05) is 13.6 Å². The van der Waals surface area contributed by atoms with E-state index >= 15 is 0 Å². The van der Waals surface area contributed by atoms with Crippen molar-refractivity contribution in [3.63, 3.8) is 0 Å². The highest BCUT2D eigenvalue weighted by atomic mass is 79.9. The van der Waals surface area contributed by atoms with E-state index in [4.69, 9.17) is 4.74 Å². The number of aromatic nitrogens is 4. The fraction of sp³-hybridized carbons (Fsp3) is 0.417. The van der Waals surface area contributed by atoms with Crippen LogP contribution in [-0.4, -0.2) is 39.5 Å². The van der Waals surface area contributed by atoms with E-state index in [1.54, 1.807) is 4.68 Å². The van der Waals surface area contributed by atoms with Crippen molar-refractivity contribution in [2.45, 2.75) is 6.92 Å². The van der Waals surface area contributed by atoms with Crippen molar-refractivity contribution < 1.29 is 4.74 Å². The minimum absolute atomic E-state index is 0.581. The largest absolute Gasteiger partial charge is 0.375 e. The van der Waals surface area contributed by atoms with Gasteiger partial charge in [0.05, 0.1) is 18.6 Å². The van der Waals surface area contributed by atoms with Crippen LogP contribution < -0.4 is 5.32 Å². The molecule has 19 heavy (non-hydrogen) atoms. The minimum atomic E-state index is 0.581. The smallest absolute Gasteiger partial charge is 0.164 e. The first-order valence-corrected chi connectivity index (χ1v) is 6.68. The Morgan fingerprint density at radius 2 is 2.32 bits per heavy atom. The zero-order valence-electron chi connectivity index (χ0n) is 11.0. The molecule has 0 amide bonds. The van der Waals surface area contributed by atoms with Crippen LogP contribution in [-0.2, 0) is 11.8 Å². The standard InChI is InChI=1S/C12H16BrN5O/c1-8(2)6-19-5-4-14-11-9-10(13)17-18(3)12(9)16-7-15-11/h7H,1,4-6H2,2-3H3,(H,14,15,16). The molecule has 0 unspecified atom stereocenters. The number of anilines is 1. The molecule has 2 rings (SSSR count). The molecule has 0 spiro atoms. The highest BCUT2D eigenvalue weighted by Crippen LogP contribution is 2.26. The second kappa shape index (κ2) is 6.12. The van der Waals surface area contributed by atoms with Crippen molar-refractivity contribution in [3.8, 4) is 0 Å². The third-order valence-corrected chi connectivity index (χ3v) is 3.02. The van der Waals surface area contributed by atoms with Gasteiger partial charge >= 0.3 is 0 Å². The van der Waals surface area contributed by atoms with E-state index in [9.17, 15) is 0 Å². The molecule has 0 radical (unpaired) electrons. The number of hydrogen-bond acceptors (Lipinski definition) is 5. The summed E-state index contributed by atoms with van der Waals surface area (Å²) < 4.78 is 7.87. The summed E-state index contributed by atoms with van der Waals surface area (Å²) in [7, 11) is 1.85. The van der Waals surface area contributed by atoms with Crippen molar-refractivity contribution in [2.24, 2.45) is 7.05 Å². The number of nitrogens with one attached hydrogen (secondary N) is 1. The molecule has 0 bridgehead atoms. The fourth-order valence-corrected chi connectivity index (χ4v) is 2.27. The summed E-state index contributed by atoms with van der Waals surface area (Å²) in [6.07, 6.45) is 1.52. The maximum Gasteiger partial charge on any atom is 0.164 e. The first kappa shape index (κ1) is 14.0. The van der Waals surface area contributed by atoms with Gasteiger partial charge in [-0.1, -0.05) is 12.2 Å². The van der Waals surface area contributed by atoms with E-state index in [-0.39, 0.29) is 0 Å². The van der Waals surface area contributed by atoms with Gasteiger partial charge in [0.1, 0.15) is 16.7 Å². The third-order valence-electron chi connectivity index (χ3n) is 2.47. The third kappa shape index (κ3) is 3.30. The Morgan fingerprint density at radius 3 is 3.05 bits per heavy atom. The molecule has 0 saturated heterocycles. The molecule has 2 aromatic rings. The highest BCUT2D eigenvalue weighted by Gasteiger charge is 2.12. The van der Waals surface area contributed by atoms with Gasteiger partial charge in [-0.25, -0.2) is 14.6 Å². The lowest BCUT2D eigenvalue weighted by molar-refractivity contribution is 0.167. The molecule has 0 aromatic carbocycles. The Balaban J connectivity index is 2.03. The molecule has 0 fully saturated rings. The van der Waals surface area contributed by atoms with E-state index in [1.807, 2.05) is 14.0 Å². The zero-order valence-corrected chi connectivity index (χ0v) is 12.6. The Kier molecular flexibility index (Phi) is 4.49. The second-order valence-corrected chi connectivity index (χ2v) is 5.02. The Hall–Kier alpha value is -1.47. The molecule has 0 saturated carbocycles. The molecule has 102 valence electrons. The van der Waals surface area contributed by atoms with Gasteiger partial charge in [0.25, 0.3) is 0 Å². The highest BCUT2D eigenvalue weighted by molar-refractivity contribution is 9.10. The molecule has 0 atom stereocenters. The summed E-state index contributed by atoms with van der Waals surface area (Å²) in [5, 5.41) is 8.37. The predicted octanol–water partition coefficient (Wildman–Crippen LogP) is 2.13. The number of nitrogens with zero attached hydrogens (tertiary/aromatic N) is 4. The molecule has 1 N–H and O–H groups in total. The molecular formula is C12H16BrN5O. The monoisotopic (exact) mass is 325 g/mol. The number of aryl methyl sites for hydroxylation is 1.